The molecule has 0 aromatic heterocycles. The summed E-state index contributed by atoms with van der Waals surface area (Å²) in [5.74, 6) is 0.384. The number of hydrogen-bond donors (Lipinski definition) is 1. The zero-order valence-corrected chi connectivity index (χ0v) is 11.6. The summed E-state index contributed by atoms with van der Waals surface area (Å²) in [6.45, 7) is 1.03. The highest BCUT2D eigenvalue weighted by Crippen LogP contribution is 2.30. The summed E-state index contributed by atoms with van der Waals surface area (Å²) in [5, 5.41) is 8.86. The van der Waals surface area contributed by atoms with E-state index < -0.39 is 17.8 Å². The number of nitrogens with zero attached hydrogens (tertiary/aromatic N) is 1. The van der Waals surface area contributed by atoms with E-state index >= 15 is 0 Å². The second kappa shape index (κ2) is 6.37. The quantitative estimate of drug-likeness (QED) is 0.915. The van der Waals surface area contributed by atoms with E-state index in [0.29, 0.717) is 31.0 Å². The smallest absolute Gasteiger partial charge is 0.416 e. The van der Waals surface area contributed by atoms with Crippen LogP contribution in [-0.4, -0.2) is 29.2 Å². The molecule has 1 aliphatic rings. The van der Waals surface area contributed by atoms with Gasteiger partial charge in [0.1, 0.15) is 0 Å². The van der Waals surface area contributed by atoms with E-state index in [-0.39, 0.29) is 0 Å². The Morgan fingerprint density at radius 1 is 1.29 bits per heavy atom. The van der Waals surface area contributed by atoms with E-state index in [0.717, 1.165) is 25.3 Å². The molecule has 116 valence electrons. The number of amides is 1. The van der Waals surface area contributed by atoms with Crippen LogP contribution in [0.15, 0.2) is 24.3 Å². The standard InChI is InChI=1S/C15H18F3NO2/c16-15(17,18)13-3-1-2-12(10-13)5-4-11-6-8-19(9-7-11)14(20)21/h1-3,10-11H,4-9H2,(H,20,21). The van der Waals surface area contributed by atoms with Gasteiger partial charge in [-0.3, -0.25) is 0 Å². The van der Waals surface area contributed by atoms with Gasteiger partial charge in [0.2, 0.25) is 0 Å². The SMILES string of the molecule is O=C(O)N1CCC(CCc2cccc(C(F)(F)F)c2)CC1. The van der Waals surface area contributed by atoms with Crippen LogP contribution in [0.5, 0.6) is 0 Å². The number of piperidine rings is 1. The zero-order valence-electron chi connectivity index (χ0n) is 11.6. The highest BCUT2D eigenvalue weighted by atomic mass is 19.4. The zero-order chi connectivity index (χ0) is 15.5. The molecule has 1 aromatic rings. The highest BCUT2D eigenvalue weighted by molar-refractivity contribution is 5.64. The first-order chi connectivity index (χ1) is 9.86. The average Bonchev–Trinajstić information content (AvgIpc) is 2.45. The molecule has 1 fully saturated rings. The van der Waals surface area contributed by atoms with E-state index in [1.54, 1.807) is 6.07 Å². The number of halogens is 3. The third kappa shape index (κ3) is 4.37. The normalized spacial score (nSPS) is 17.0. The Hall–Kier alpha value is -1.72. The highest BCUT2D eigenvalue weighted by Gasteiger charge is 2.30. The molecular weight excluding hydrogens is 283 g/mol. The number of carboxylic acid groups (broad SMARTS) is 1. The predicted octanol–water partition coefficient (Wildman–Crippen LogP) is 4.03. The Morgan fingerprint density at radius 2 is 1.95 bits per heavy atom. The third-order valence-corrected chi connectivity index (χ3v) is 3.98. The van der Waals surface area contributed by atoms with E-state index in [9.17, 15) is 18.0 Å². The van der Waals surface area contributed by atoms with Gasteiger partial charge in [-0.2, -0.15) is 13.2 Å². The number of carbonyl (C=O) groups is 1. The van der Waals surface area contributed by atoms with Gasteiger partial charge in [0, 0.05) is 13.1 Å². The lowest BCUT2D eigenvalue weighted by molar-refractivity contribution is -0.137. The van der Waals surface area contributed by atoms with Crippen molar-refractivity contribution in [2.24, 2.45) is 5.92 Å². The van der Waals surface area contributed by atoms with Gasteiger partial charge < -0.3 is 10.0 Å². The number of benzene rings is 1. The summed E-state index contributed by atoms with van der Waals surface area (Å²) in [6.07, 6.45) is -2.23. The molecule has 2 rings (SSSR count). The first kappa shape index (κ1) is 15.7. The summed E-state index contributed by atoms with van der Waals surface area (Å²) in [7, 11) is 0. The molecule has 0 unspecified atom stereocenters. The van der Waals surface area contributed by atoms with Crippen LogP contribution in [0.4, 0.5) is 18.0 Å². The molecule has 0 spiro atoms. The lowest BCUT2D eigenvalue weighted by Crippen LogP contribution is -2.37. The molecule has 21 heavy (non-hydrogen) atoms. The first-order valence-electron chi connectivity index (χ1n) is 7.00. The Balaban J connectivity index is 1.85. The number of likely N-dealkylation sites (tertiary alicyclic amines) is 1. The summed E-state index contributed by atoms with van der Waals surface area (Å²) >= 11 is 0. The molecule has 6 heteroatoms. The van der Waals surface area contributed by atoms with Gasteiger partial charge in [-0.25, -0.2) is 4.79 Å². The maximum Gasteiger partial charge on any atom is 0.416 e. The fraction of sp³-hybridized carbons (Fsp3) is 0.533. The molecule has 1 heterocycles. The summed E-state index contributed by atoms with van der Waals surface area (Å²) in [4.78, 5) is 12.2. The second-order valence-corrected chi connectivity index (χ2v) is 5.45. The number of alkyl halides is 3. The van der Waals surface area contributed by atoms with Crippen molar-refractivity contribution in [2.75, 3.05) is 13.1 Å². The molecule has 0 radical (unpaired) electrons. The Kier molecular flexibility index (Phi) is 4.75. The summed E-state index contributed by atoms with van der Waals surface area (Å²) < 4.78 is 37.9. The molecule has 1 aromatic carbocycles. The van der Waals surface area contributed by atoms with Crippen LogP contribution < -0.4 is 0 Å². The summed E-state index contributed by atoms with van der Waals surface area (Å²) in [5.41, 5.74) is 0.0752. The van der Waals surface area contributed by atoms with Crippen LogP contribution in [0.2, 0.25) is 0 Å². The molecule has 1 amide bonds. The van der Waals surface area contributed by atoms with Crippen molar-refractivity contribution in [1.82, 2.24) is 4.90 Å². The molecule has 3 nitrogen and oxygen atoms in total. The molecule has 0 bridgehead atoms. The van der Waals surface area contributed by atoms with Crippen molar-refractivity contribution in [1.29, 1.82) is 0 Å². The Labute approximate surface area is 121 Å². The van der Waals surface area contributed by atoms with Gasteiger partial charge in [0.25, 0.3) is 0 Å². The van der Waals surface area contributed by atoms with Crippen LogP contribution in [0, 0.1) is 5.92 Å². The predicted molar refractivity (Wildman–Crippen MR) is 72.1 cm³/mol. The number of rotatable bonds is 3. The minimum absolute atomic E-state index is 0.384. The average molecular weight is 301 g/mol. The molecule has 1 aliphatic heterocycles. The van der Waals surface area contributed by atoms with Gasteiger partial charge in [-0.05, 0) is 43.2 Å². The van der Waals surface area contributed by atoms with Crippen molar-refractivity contribution in [3.8, 4) is 0 Å². The summed E-state index contributed by atoms with van der Waals surface area (Å²) in [6, 6.07) is 5.42. The largest absolute Gasteiger partial charge is 0.465 e. The van der Waals surface area contributed by atoms with Gasteiger partial charge >= 0.3 is 12.3 Å². The van der Waals surface area contributed by atoms with Crippen molar-refractivity contribution in [3.63, 3.8) is 0 Å². The molecule has 0 aliphatic carbocycles. The fourth-order valence-corrected chi connectivity index (χ4v) is 2.69. The minimum atomic E-state index is -4.30. The van der Waals surface area contributed by atoms with E-state index in [2.05, 4.69) is 0 Å². The van der Waals surface area contributed by atoms with Gasteiger partial charge in [0.05, 0.1) is 5.56 Å². The fourth-order valence-electron chi connectivity index (χ4n) is 2.69. The lowest BCUT2D eigenvalue weighted by Gasteiger charge is -2.30. The second-order valence-electron chi connectivity index (χ2n) is 5.45. The van der Waals surface area contributed by atoms with Crippen molar-refractivity contribution < 1.29 is 23.1 Å². The maximum absolute atomic E-state index is 12.6. The monoisotopic (exact) mass is 301 g/mol. The van der Waals surface area contributed by atoms with E-state index in [1.807, 2.05) is 0 Å². The van der Waals surface area contributed by atoms with Crippen molar-refractivity contribution >= 4 is 6.09 Å². The van der Waals surface area contributed by atoms with Crippen LogP contribution >= 0.6 is 0 Å². The van der Waals surface area contributed by atoms with Crippen molar-refractivity contribution in [2.45, 2.75) is 31.9 Å². The molecule has 0 saturated carbocycles. The molecule has 0 atom stereocenters. The number of hydrogen-bond acceptors (Lipinski definition) is 1. The topological polar surface area (TPSA) is 40.5 Å². The van der Waals surface area contributed by atoms with Crippen LogP contribution in [0.25, 0.3) is 0 Å². The van der Waals surface area contributed by atoms with Crippen molar-refractivity contribution in [3.05, 3.63) is 35.4 Å². The van der Waals surface area contributed by atoms with Gasteiger partial charge in [-0.15, -0.1) is 0 Å². The van der Waals surface area contributed by atoms with Crippen LogP contribution in [-0.2, 0) is 12.6 Å². The molecule has 1 N–H and O–H groups in total. The van der Waals surface area contributed by atoms with E-state index in [1.165, 1.54) is 17.0 Å². The molecular formula is C15H18F3NO2. The molecule has 1 saturated heterocycles. The van der Waals surface area contributed by atoms with E-state index in [4.69, 9.17) is 5.11 Å². The Bertz CT molecular complexity index is 494. The first-order valence-corrected chi connectivity index (χ1v) is 7.00. The Morgan fingerprint density at radius 3 is 2.52 bits per heavy atom. The van der Waals surface area contributed by atoms with Crippen LogP contribution in [0.1, 0.15) is 30.4 Å². The maximum atomic E-state index is 12.6. The lowest BCUT2D eigenvalue weighted by atomic mass is 9.90. The van der Waals surface area contributed by atoms with Gasteiger partial charge in [-0.1, -0.05) is 18.2 Å². The van der Waals surface area contributed by atoms with Crippen LogP contribution in [0.3, 0.4) is 0 Å². The minimum Gasteiger partial charge on any atom is -0.465 e. The number of aryl methyl sites for hydroxylation is 1. The third-order valence-electron chi connectivity index (χ3n) is 3.98. The van der Waals surface area contributed by atoms with Gasteiger partial charge in [0.15, 0.2) is 0 Å².